The van der Waals surface area contributed by atoms with Gasteiger partial charge in [0.25, 0.3) is 0 Å². The molecule has 1 fully saturated rings. The zero-order chi connectivity index (χ0) is 16.9. The highest BCUT2D eigenvalue weighted by molar-refractivity contribution is 5.94. The summed E-state index contributed by atoms with van der Waals surface area (Å²) in [5, 5.41) is 0. The zero-order valence-electron chi connectivity index (χ0n) is 14.9. The molecule has 0 amide bonds. The maximum Gasteiger partial charge on any atom is 0.123 e. The van der Waals surface area contributed by atoms with E-state index < -0.39 is 0 Å². The van der Waals surface area contributed by atoms with E-state index in [9.17, 15) is 0 Å². The van der Waals surface area contributed by atoms with Crippen molar-refractivity contribution in [2.24, 2.45) is 10.9 Å². The molecular weight excluding hydrogens is 294 g/mol. The van der Waals surface area contributed by atoms with E-state index in [1.807, 2.05) is 6.07 Å². The van der Waals surface area contributed by atoms with Crippen molar-refractivity contribution >= 4 is 11.4 Å². The molecule has 2 heterocycles. The lowest BCUT2D eigenvalue weighted by Gasteiger charge is -2.36. The largest absolute Gasteiger partial charge is 0.492 e. The van der Waals surface area contributed by atoms with Crippen molar-refractivity contribution in [3.8, 4) is 5.75 Å². The van der Waals surface area contributed by atoms with Crippen molar-refractivity contribution in [1.82, 2.24) is 0 Å². The van der Waals surface area contributed by atoms with Gasteiger partial charge in [-0.15, -0.1) is 0 Å². The van der Waals surface area contributed by atoms with Crippen molar-refractivity contribution in [3.63, 3.8) is 0 Å². The van der Waals surface area contributed by atoms with Crippen LogP contribution in [0.1, 0.15) is 44.6 Å². The molecule has 3 aliphatic rings. The van der Waals surface area contributed by atoms with Crippen LogP contribution in [0.2, 0.25) is 0 Å². The van der Waals surface area contributed by atoms with Crippen LogP contribution >= 0.6 is 0 Å². The number of ether oxygens (including phenoxy) is 1. The van der Waals surface area contributed by atoms with Crippen molar-refractivity contribution in [3.05, 3.63) is 59.7 Å². The summed E-state index contributed by atoms with van der Waals surface area (Å²) in [7, 11) is 0. The van der Waals surface area contributed by atoms with Gasteiger partial charge in [-0.2, -0.15) is 0 Å². The number of para-hydroxylation sites is 2. The molecule has 2 aliphatic heterocycles. The molecule has 1 spiro atoms. The first-order valence-electron chi connectivity index (χ1n) is 9.63. The van der Waals surface area contributed by atoms with E-state index in [0.717, 1.165) is 55.9 Å². The van der Waals surface area contributed by atoms with Gasteiger partial charge in [0.1, 0.15) is 5.75 Å². The summed E-state index contributed by atoms with van der Waals surface area (Å²) in [4.78, 5) is 4.76. The molecule has 2 nitrogen and oxygen atoms in total. The van der Waals surface area contributed by atoms with E-state index in [4.69, 9.17) is 11.1 Å². The van der Waals surface area contributed by atoms with Crippen LogP contribution in [-0.2, 0) is 11.8 Å². The lowest BCUT2D eigenvalue weighted by Crippen LogP contribution is -2.33. The van der Waals surface area contributed by atoms with Gasteiger partial charge in [0.15, 0.2) is 0 Å². The molecule has 0 bridgehead atoms. The number of rotatable bonds is 2. The first kappa shape index (κ1) is 13.2. The molecule has 1 unspecified atom stereocenters. The smallest absolute Gasteiger partial charge is 0.123 e. The Morgan fingerprint density at radius 1 is 1.08 bits per heavy atom. The molecule has 2 heteroatoms. The predicted molar refractivity (Wildman–Crippen MR) is 97.4 cm³/mol. The van der Waals surface area contributed by atoms with Crippen LogP contribution in [0.15, 0.2) is 53.5 Å². The quantitative estimate of drug-likeness (QED) is 0.743. The van der Waals surface area contributed by atoms with Crippen molar-refractivity contribution in [2.75, 3.05) is 6.61 Å². The molecule has 0 radical (unpaired) electrons. The number of hydrogen-bond acceptors (Lipinski definition) is 2. The molecule has 2 aromatic carbocycles. The fraction of sp³-hybridized carbons (Fsp3) is 0.409. The maximum absolute atomic E-state index is 8.78. The molecule has 5 rings (SSSR count). The third kappa shape index (κ3) is 2.28. The zero-order valence-corrected chi connectivity index (χ0v) is 13.9. The van der Waals surface area contributed by atoms with Gasteiger partial charge in [-0.1, -0.05) is 36.4 Å². The summed E-state index contributed by atoms with van der Waals surface area (Å²) in [5.74, 6) is 1.49. The molecule has 24 heavy (non-hydrogen) atoms. The highest BCUT2D eigenvalue weighted by Crippen LogP contribution is 2.49. The van der Waals surface area contributed by atoms with Crippen LogP contribution in [0.4, 0.5) is 5.69 Å². The van der Waals surface area contributed by atoms with Gasteiger partial charge in [0.05, 0.1) is 12.3 Å². The second-order valence-corrected chi connectivity index (χ2v) is 7.48. The Labute approximate surface area is 145 Å². The Hall–Kier alpha value is -2.09. The first-order valence-corrected chi connectivity index (χ1v) is 9.05. The summed E-state index contributed by atoms with van der Waals surface area (Å²) in [6, 6.07) is 16.8. The van der Waals surface area contributed by atoms with Gasteiger partial charge in [0, 0.05) is 24.5 Å². The molecule has 2 aromatic rings. The van der Waals surface area contributed by atoms with E-state index in [-0.39, 0.29) is 11.8 Å². The lowest BCUT2D eigenvalue weighted by atomic mass is 9.67. The number of benzene rings is 2. The second-order valence-electron chi connectivity index (χ2n) is 7.48. The maximum atomic E-state index is 8.78. The number of nitrogens with zero attached hydrogens (tertiary/aromatic N) is 1. The van der Waals surface area contributed by atoms with Crippen LogP contribution in [0.25, 0.3) is 0 Å². The van der Waals surface area contributed by atoms with Crippen LogP contribution in [0.5, 0.6) is 5.75 Å². The lowest BCUT2D eigenvalue weighted by molar-refractivity contribution is 0.183. The van der Waals surface area contributed by atoms with Gasteiger partial charge in [-0.05, 0) is 55.7 Å². The van der Waals surface area contributed by atoms with E-state index in [0.29, 0.717) is 5.92 Å². The Morgan fingerprint density at radius 2 is 1.88 bits per heavy atom. The number of aliphatic imine (C=N–C) groups is 1. The summed E-state index contributed by atoms with van der Waals surface area (Å²) < 4.78 is 14.7. The SMILES string of the molecule is [3H]C(C1=Nc2ccccc2C1)C1CCC2(CC1)COc1ccccc12. The normalized spacial score (nSPS) is 29.4. The highest BCUT2D eigenvalue weighted by atomic mass is 16.5. The van der Waals surface area contributed by atoms with Crippen LogP contribution in [0.3, 0.4) is 0 Å². The van der Waals surface area contributed by atoms with Gasteiger partial charge >= 0.3 is 0 Å². The molecule has 122 valence electrons. The first-order chi connectivity index (χ1) is 12.3. The summed E-state index contributed by atoms with van der Waals surface area (Å²) in [5.41, 5.74) is 4.99. The Morgan fingerprint density at radius 3 is 2.75 bits per heavy atom. The molecule has 0 N–H and O–H groups in total. The Kier molecular flexibility index (Phi) is 3.02. The van der Waals surface area contributed by atoms with Gasteiger partial charge in [0.2, 0.25) is 0 Å². The molecular formula is C22H23NO. The third-order valence-electron chi connectivity index (χ3n) is 6.01. The molecule has 1 atom stereocenters. The van der Waals surface area contributed by atoms with E-state index >= 15 is 0 Å². The Balaban J connectivity index is 1.30. The Bertz CT molecular complexity index is 835. The molecule has 0 saturated heterocycles. The minimum absolute atomic E-state index is 0.165. The number of fused-ring (bicyclic) bond motifs is 3. The summed E-state index contributed by atoms with van der Waals surface area (Å²) in [6.07, 6.45) is 5.15. The van der Waals surface area contributed by atoms with Crippen molar-refractivity contribution < 1.29 is 6.11 Å². The monoisotopic (exact) mass is 319 g/mol. The predicted octanol–water partition coefficient (Wildman–Crippen LogP) is 5.23. The van der Waals surface area contributed by atoms with Crippen LogP contribution in [-0.4, -0.2) is 12.3 Å². The van der Waals surface area contributed by atoms with Crippen molar-refractivity contribution in [1.29, 1.82) is 0 Å². The highest BCUT2D eigenvalue weighted by Gasteiger charge is 2.43. The third-order valence-corrected chi connectivity index (χ3v) is 6.01. The van der Waals surface area contributed by atoms with Gasteiger partial charge < -0.3 is 4.74 Å². The fourth-order valence-corrected chi connectivity index (χ4v) is 4.62. The number of hydrogen-bond donors (Lipinski definition) is 0. The van der Waals surface area contributed by atoms with Gasteiger partial charge in [-0.3, -0.25) is 4.99 Å². The second kappa shape index (κ2) is 5.47. The van der Waals surface area contributed by atoms with Gasteiger partial charge in [-0.25, -0.2) is 0 Å². The summed E-state index contributed by atoms with van der Waals surface area (Å²) >= 11 is 0. The average molecular weight is 319 g/mol. The summed E-state index contributed by atoms with van der Waals surface area (Å²) in [6.45, 7) is 0.814. The topological polar surface area (TPSA) is 21.6 Å². The minimum atomic E-state index is -0.165. The fourth-order valence-electron chi connectivity index (χ4n) is 4.62. The van der Waals surface area contributed by atoms with Crippen LogP contribution < -0.4 is 4.74 Å². The van der Waals surface area contributed by atoms with Crippen LogP contribution in [0, 0.1) is 5.92 Å². The molecule has 0 aromatic heterocycles. The standard InChI is InChI=1S/C22H23NO/c1-3-7-20-17(5-1)14-18(23-20)13-16-9-11-22(12-10-16)15-24-21-8-4-2-6-19(21)22/h1-8,16H,9-15H2/i13T. The van der Waals surface area contributed by atoms with Crippen molar-refractivity contribution in [2.45, 2.75) is 43.9 Å². The van der Waals surface area contributed by atoms with E-state index in [1.165, 1.54) is 11.1 Å². The molecule has 1 saturated carbocycles. The molecule has 1 aliphatic carbocycles. The van der Waals surface area contributed by atoms with E-state index in [1.54, 1.807) is 0 Å². The average Bonchev–Trinajstić information content (AvgIpc) is 3.25. The van der Waals surface area contributed by atoms with E-state index in [2.05, 4.69) is 42.5 Å². The minimum Gasteiger partial charge on any atom is -0.492 e.